The standard InChI is InChI=1S/C22H19NO3S/c1-17-14-19-12-13-20(26-16-18-8-4-2-5-9-18)15-22(19)23(17)27(24,25)21-10-6-3-7-11-21/h2-15H,16H2,1H3. The van der Waals surface area contributed by atoms with Crippen molar-refractivity contribution in [2.24, 2.45) is 0 Å². The molecule has 0 saturated carbocycles. The number of hydrogen-bond acceptors (Lipinski definition) is 3. The number of fused-ring (bicyclic) bond motifs is 1. The second-order valence-corrected chi connectivity index (χ2v) is 8.15. The van der Waals surface area contributed by atoms with Gasteiger partial charge in [-0.15, -0.1) is 0 Å². The SMILES string of the molecule is Cc1cc2ccc(OCc3ccccc3)cc2n1S(=O)(=O)c1ccccc1. The largest absolute Gasteiger partial charge is 0.489 e. The van der Waals surface area contributed by atoms with E-state index in [2.05, 4.69) is 0 Å². The molecule has 4 rings (SSSR count). The molecule has 0 fully saturated rings. The van der Waals surface area contributed by atoms with Gasteiger partial charge in [0.15, 0.2) is 0 Å². The summed E-state index contributed by atoms with van der Waals surface area (Å²) in [6, 6.07) is 25.7. The highest BCUT2D eigenvalue weighted by molar-refractivity contribution is 7.90. The lowest BCUT2D eigenvalue weighted by Gasteiger charge is -2.11. The zero-order valence-corrected chi connectivity index (χ0v) is 15.7. The minimum atomic E-state index is -3.68. The summed E-state index contributed by atoms with van der Waals surface area (Å²) in [5.41, 5.74) is 2.33. The van der Waals surface area contributed by atoms with E-state index in [9.17, 15) is 8.42 Å². The molecule has 0 N–H and O–H groups in total. The number of ether oxygens (including phenoxy) is 1. The summed E-state index contributed by atoms with van der Waals surface area (Å²) >= 11 is 0. The van der Waals surface area contributed by atoms with Crippen LogP contribution in [-0.2, 0) is 16.6 Å². The Balaban J connectivity index is 1.74. The Labute approximate surface area is 158 Å². The predicted octanol–water partition coefficient (Wildman–Crippen LogP) is 4.77. The van der Waals surface area contributed by atoms with E-state index in [1.165, 1.54) is 3.97 Å². The number of benzene rings is 3. The van der Waals surface area contributed by atoms with Crippen molar-refractivity contribution in [3.8, 4) is 5.75 Å². The molecule has 3 aromatic carbocycles. The van der Waals surface area contributed by atoms with Gasteiger partial charge in [0, 0.05) is 17.1 Å². The highest BCUT2D eigenvalue weighted by Gasteiger charge is 2.21. The summed E-state index contributed by atoms with van der Waals surface area (Å²) in [7, 11) is -3.68. The van der Waals surface area contributed by atoms with Gasteiger partial charge in [0.2, 0.25) is 0 Å². The second-order valence-electron chi connectivity index (χ2n) is 6.36. The first kappa shape index (κ1) is 17.4. The zero-order valence-electron chi connectivity index (χ0n) is 14.9. The smallest absolute Gasteiger partial charge is 0.268 e. The molecule has 0 aliphatic rings. The minimum absolute atomic E-state index is 0.265. The van der Waals surface area contributed by atoms with E-state index < -0.39 is 10.0 Å². The monoisotopic (exact) mass is 377 g/mol. The van der Waals surface area contributed by atoms with E-state index >= 15 is 0 Å². The van der Waals surface area contributed by atoms with Crippen molar-refractivity contribution in [1.82, 2.24) is 3.97 Å². The minimum Gasteiger partial charge on any atom is -0.489 e. The lowest BCUT2D eigenvalue weighted by atomic mass is 10.2. The fraction of sp³-hybridized carbons (Fsp3) is 0.0909. The lowest BCUT2D eigenvalue weighted by molar-refractivity contribution is 0.306. The average molecular weight is 377 g/mol. The van der Waals surface area contributed by atoms with Gasteiger partial charge in [-0.2, -0.15) is 0 Å². The van der Waals surface area contributed by atoms with Gasteiger partial charge in [0.1, 0.15) is 12.4 Å². The van der Waals surface area contributed by atoms with Crippen LogP contribution in [-0.4, -0.2) is 12.4 Å². The van der Waals surface area contributed by atoms with Gasteiger partial charge in [0.25, 0.3) is 10.0 Å². The van der Waals surface area contributed by atoms with E-state index in [1.807, 2.05) is 48.5 Å². The highest BCUT2D eigenvalue weighted by atomic mass is 32.2. The predicted molar refractivity (Wildman–Crippen MR) is 106 cm³/mol. The van der Waals surface area contributed by atoms with Gasteiger partial charge < -0.3 is 4.74 Å². The topological polar surface area (TPSA) is 48.3 Å². The maximum atomic E-state index is 13.1. The van der Waals surface area contributed by atoms with Crippen molar-refractivity contribution in [3.63, 3.8) is 0 Å². The van der Waals surface area contributed by atoms with Gasteiger partial charge in [-0.1, -0.05) is 48.5 Å². The Morgan fingerprint density at radius 2 is 1.52 bits per heavy atom. The first-order chi connectivity index (χ1) is 13.1. The molecule has 136 valence electrons. The number of aryl methyl sites for hydroxylation is 1. The van der Waals surface area contributed by atoms with Gasteiger partial charge >= 0.3 is 0 Å². The van der Waals surface area contributed by atoms with Crippen molar-refractivity contribution in [1.29, 1.82) is 0 Å². The average Bonchev–Trinajstić information content (AvgIpc) is 3.03. The van der Waals surface area contributed by atoms with E-state index in [0.29, 0.717) is 23.6 Å². The summed E-state index contributed by atoms with van der Waals surface area (Å²) in [5, 5.41) is 0.860. The maximum absolute atomic E-state index is 13.1. The van der Waals surface area contributed by atoms with Crippen molar-refractivity contribution >= 4 is 20.9 Å². The van der Waals surface area contributed by atoms with Crippen LogP contribution >= 0.6 is 0 Å². The van der Waals surface area contributed by atoms with Crippen LogP contribution in [0.25, 0.3) is 10.9 Å². The normalized spacial score (nSPS) is 11.6. The highest BCUT2D eigenvalue weighted by Crippen LogP contribution is 2.28. The molecule has 0 aliphatic carbocycles. The molecule has 1 heterocycles. The molecular formula is C22H19NO3S. The Morgan fingerprint density at radius 1 is 0.852 bits per heavy atom. The first-order valence-electron chi connectivity index (χ1n) is 8.65. The van der Waals surface area contributed by atoms with Crippen LogP contribution in [0.3, 0.4) is 0 Å². The summed E-state index contributed by atoms with van der Waals surface area (Å²) in [6.07, 6.45) is 0. The molecule has 0 saturated heterocycles. The van der Waals surface area contributed by atoms with Crippen LogP contribution in [0.15, 0.2) is 89.8 Å². The quantitative estimate of drug-likeness (QED) is 0.503. The second kappa shape index (κ2) is 6.93. The molecule has 0 radical (unpaired) electrons. The third-order valence-electron chi connectivity index (χ3n) is 4.44. The fourth-order valence-electron chi connectivity index (χ4n) is 3.14. The van der Waals surface area contributed by atoms with Crippen molar-refractivity contribution in [2.45, 2.75) is 18.4 Å². The lowest BCUT2D eigenvalue weighted by Crippen LogP contribution is -2.14. The fourth-order valence-corrected chi connectivity index (χ4v) is 4.70. The molecule has 0 amide bonds. The Morgan fingerprint density at radius 3 is 2.22 bits per heavy atom. The van der Waals surface area contributed by atoms with Crippen molar-refractivity contribution in [3.05, 3.63) is 96.2 Å². The van der Waals surface area contributed by atoms with Gasteiger partial charge in [-0.3, -0.25) is 0 Å². The van der Waals surface area contributed by atoms with Crippen molar-refractivity contribution in [2.75, 3.05) is 0 Å². The third kappa shape index (κ3) is 3.34. The van der Waals surface area contributed by atoms with E-state index in [4.69, 9.17) is 4.74 Å². The molecular weight excluding hydrogens is 358 g/mol. The van der Waals surface area contributed by atoms with Crippen LogP contribution in [0.5, 0.6) is 5.75 Å². The molecule has 0 bridgehead atoms. The molecule has 4 nitrogen and oxygen atoms in total. The van der Waals surface area contributed by atoms with Crippen molar-refractivity contribution < 1.29 is 13.2 Å². The Hall–Kier alpha value is -3.05. The Kier molecular flexibility index (Phi) is 4.46. The number of rotatable bonds is 5. The molecule has 0 spiro atoms. The summed E-state index contributed by atoms with van der Waals surface area (Å²) < 4.78 is 33.5. The molecule has 5 heteroatoms. The molecule has 27 heavy (non-hydrogen) atoms. The third-order valence-corrected chi connectivity index (χ3v) is 6.27. The molecule has 4 aromatic rings. The zero-order chi connectivity index (χ0) is 18.9. The van der Waals surface area contributed by atoms with E-state index in [0.717, 1.165) is 10.9 Å². The van der Waals surface area contributed by atoms with Gasteiger partial charge in [-0.25, -0.2) is 12.4 Å². The van der Waals surface area contributed by atoms with Crippen LogP contribution in [0.2, 0.25) is 0 Å². The first-order valence-corrected chi connectivity index (χ1v) is 10.1. The van der Waals surface area contributed by atoms with E-state index in [-0.39, 0.29) is 4.90 Å². The van der Waals surface area contributed by atoms with Crippen LogP contribution in [0.1, 0.15) is 11.3 Å². The maximum Gasteiger partial charge on any atom is 0.268 e. The van der Waals surface area contributed by atoms with Crippen LogP contribution in [0.4, 0.5) is 0 Å². The number of aromatic nitrogens is 1. The van der Waals surface area contributed by atoms with E-state index in [1.54, 1.807) is 43.3 Å². The molecule has 0 unspecified atom stereocenters. The molecule has 1 aromatic heterocycles. The Bertz CT molecular complexity index is 1180. The molecule has 0 aliphatic heterocycles. The summed E-state index contributed by atoms with van der Waals surface area (Å²) in [6.45, 7) is 2.22. The summed E-state index contributed by atoms with van der Waals surface area (Å²) in [5.74, 6) is 0.633. The summed E-state index contributed by atoms with van der Waals surface area (Å²) in [4.78, 5) is 0.265. The number of hydrogen-bond donors (Lipinski definition) is 0. The van der Waals surface area contributed by atoms with Gasteiger partial charge in [-0.05, 0) is 42.8 Å². The molecule has 0 atom stereocenters. The van der Waals surface area contributed by atoms with Crippen LogP contribution in [0, 0.1) is 6.92 Å². The number of nitrogens with zero attached hydrogens (tertiary/aromatic N) is 1. The van der Waals surface area contributed by atoms with Crippen LogP contribution < -0.4 is 4.74 Å². The van der Waals surface area contributed by atoms with Gasteiger partial charge in [0.05, 0.1) is 10.4 Å².